The zero-order valence-corrected chi connectivity index (χ0v) is 10.9. The Bertz CT molecular complexity index is 657. The number of amides is 1. The van der Waals surface area contributed by atoms with E-state index >= 15 is 0 Å². The van der Waals surface area contributed by atoms with Gasteiger partial charge >= 0.3 is 0 Å². The van der Waals surface area contributed by atoms with Gasteiger partial charge in [-0.15, -0.1) is 0 Å². The van der Waals surface area contributed by atoms with Gasteiger partial charge < -0.3 is 5.11 Å². The molecule has 0 bridgehead atoms. The van der Waals surface area contributed by atoms with Gasteiger partial charge in [-0.3, -0.25) is 4.79 Å². The Hall–Kier alpha value is -2.40. The number of rotatable bonds is 3. The van der Waals surface area contributed by atoms with Crippen molar-refractivity contribution in [1.82, 2.24) is 5.43 Å². The fourth-order valence-electron chi connectivity index (χ4n) is 1.47. The van der Waals surface area contributed by atoms with Gasteiger partial charge in [-0.2, -0.15) is 5.10 Å². The average molecular weight is 293 g/mol. The van der Waals surface area contributed by atoms with E-state index in [4.69, 9.17) is 11.6 Å². The third-order valence-electron chi connectivity index (χ3n) is 2.45. The normalized spacial score (nSPS) is 10.7. The van der Waals surface area contributed by atoms with Crippen LogP contribution in [0, 0.1) is 5.82 Å². The number of hydrogen-bond acceptors (Lipinski definition) is 3. The first-order valence-corrected chi connectivity index (χ1v) is 6.01. The predicted octanol–water partition coefficient (Wildman–Crippen LogP) is 2.95. The molecule has 4 nitrogen and oxygen atoms in total. The number of nitrogens with one attached hydrogen (secondary N) is 1. The number of carbonyl (C=O) groups is 1. The second kappa shape index (κ2) is 6.16. The maximum absolute atomic E-state index is 12.7. The molecule has 2 aromatic carbocycles. The van der Waals surface area contributed by atoms with Gasteiger partial charge in [0.25, 0.3) is 5.91 Å². The first-order valence-electron chi connectivity index (χ1n) is 5.64. The van der Waals surface area contributed by atoms with Gasteiger partial charge in [0.05, 0.1) is 11.8 Å². The summed E-state index contributed by atoms with van der Waals surface area (Å²) in [5.41, 5.74) is 2.95. The smallest absolute Gasteiger partial charge is 0.275 e. The van der Waals surface area contributed by atoms with Crippen LogP contribution in [0.25, 0.3) is 0 Å². The highest BCUT2D eigenvalue weighted by Crippen LogP contribution is 2.21. The molecule has 2 rings (SSSR count). The van der Waals surface area contributed by atoms with Gasteiger partial charge in [-0.25, -0.2) is 9.82 Å². The molecule has 0 radical (unpaired) electrons. The zero-order chi connectivity index (χ0) is 14.5. The number of nitrogens with zero attached hydrogens (tertiary/aromatic N) is 1. The van der Waals surface area contributed by atoms with Crippen LogP contribution in [0.2, 0.25) is 5.02 Å². The molecule has 0 aliphatic rings. The van der Waals surface area contributed by atoms with Gasteiger partial charge in [0.15, 0.2) is 0 Å². The van der Waals surface area contributed by atoms with E-state index in [0.29, 0.717) is 10.6 Å². The lowest BCUT2D eigenvalue weighted by molar-refractivity contribution is 0.0952. The summed E-state index contributed by atoms with van der Waals surface area (Å²) in [7, 11) is 0. The lowest BCUT2D eigenvalue weighted by atomic mass is 10.2. The average Bonchev–Trinajstić information content (AvgIpc) is 2.41. The van der Waals surface area contributed by atoms with Gasteiger partial charge in [0, 0.05) is 5.02 Å². The highest BCUT2D eigenvalue weighted by molar-refractivity contribution is 6.30. The van der Waals surface area contributed by atoms with Crippen LogP contribution in [0.5, 0.6) is 5.75 Å². The maximum atomic E-state index is 12.7. The van der Waals surface area contributed by atoms with Crippen LogP contribution >= 0.6 is 11.6 Å². The molecule has 0 saturated carbocycles. The van der Waals surface area contributed by atoms with Crippen molar-refractivity contribution in [3.8, 4) is 5.75 Å². The molecular formula is C14H10ClFN2O2. The molecule has 0 aliphatic heterocycles. The van der Waals surface area contributed by atoms with Crippen molar-refractivity contribution in [3.63, 3.8) is 0 Å². The van der Waals surface area contributed by atoms with Crippen LogP contribution in [0.1, 0.15) is 15.9 Å². The van der Waals surface area contributed by atoms with Gasteiger partial charge in [0.2, 0.25) is 0 Å². The minimum Gasteiger partial charge on any atom is -0.507 e. The first kappa shape index (κ1) is 14.0. The highest BCUT2D eigenvalue weighted by Gasteiger charge is 2.10. The van der Waals surface area contributed by atoms with Crippen molar-refractivity contribution in [2.45, 2.75) is 0 Å². The molecule has 20 heavy (non-hydrogen) atoms. The molecule has 6 heteroatoms. The number of phenolic OH excluding ortho intramolecular Hbond substituents is 1. The summed E-state index contributed by atoms with van der Waals surface area (Å²) in [6, 6.07) is 9.75. The number of hydrogen-bond donors (Lipinski definition) is 2. The number of phenols is 1. The molecule has 0 spiro atoms. The number of benzene rings is 2. The zero-order valence-electron chi connectivity index (χ0n) is 10.2. The topological polar surface area (TPSA) is 61.7 Å². The van der Waals surface area contributed by atoms with Crippen molar-refractivity contribution >= 4 is 23.7 Å². The first-order chi connectivity index (χ1) is 9.56. The lowest BCUT2D eigenvalue weighted by Gasteiger charge is -2.03. The second-order valence-corrected chi connectivity index (χ2v) is 4.35. The quantitative estimate of drug-likeness (QED) is 0.675. The number of carbonyl (C=O) groups excluding carboxylic acids is 1. The van der Waals surface area contributed by atoms with Gasteiger partial charge in [-0.05, 0) is 35.9 Å². The summed E-state index contributed by atoms with van der Waals surface area (Å²) in [5, 5.41) is 13.6. The minimum atomic E-state index is -0.572. The molecule has 2 N–H and O–H groups in total. The Balaban J connectivity index is 2.03. The summed E-state index contributed by atoms with van der Waals surface area (Å²) in [4.78, 5) is 11.7. The number of hydrazone groups is 1. The molecule has 2 aromatic rings. The molecule has 0 unspecified atom stereocenters. The van der Waals surface area contributed by atoms with Crippen LogP contribution < -0.4 is 5.43 Å². The van der Waals surface area contributed by atoms with Crippen LogP contribution in [-0.4, -0.2) is 17.2 Å². The van der Waals surface area contributed by atoms with Crippen LogP contribution in [-0.2, 0) is 0 Å². The molecule has 102 valence electrons. The van der Waals surface area contributed by atoms with Crippen molar-refractivity contribution < 1.29 is 14.3 Å². The standard InChI is InChI=1S/C14H10ClFN2O2/c15-10-3-6-12(13(19)7-10)14(20)18-17-8-9-1-4-11(16)5-2-9/h1-8,19H,(H,18,20). The molecule has 1 amide bonds. The van der Waals surface area contributed by atoms with Gasteiger partial charge in [0.1, 0.15) is 11.6 Å². The van der Waals surface area contributed by atoms with E-state index in [1.54, 1.807) is 0 Å². The maximum Gasteiger partial charge on any atom is 0.275 e. The largest absolute Gasteiger partial charge is 0.507 e. The summed E-state index contributed by atoms with van der Waals surface area (Å²) >= 11 is 5.67. The van der Waals surface area contributed by atoms with E-state index < -0.39 is 5.91 Å². The second-order valence-electron chi connectivity index (χ2n) is 3.91. The van der Waals surface area contributed by atoms with E-state index in [2.05, 4.69) is 10.5 Å². The molecule has 0 saturated heterocycles. The van der Waals surface area contributed by atoms with Crippen LogP contribution in [0.3, 0.4) is 0 Å². The Morgan fingerprint density at radius 3 is 2.60 bits per heavy atom. The van der Waals surface area contributed by atoms with Crippen LogP contribution in [0.4, 0.5) is 4.39 Å². The Morgan fingerprint density at radius 1 is 1.25 bits per heavy atom. The molecule has 0 atom stereocenters. The fourth-order valence-corrected chi connectivity index (χ4v) is 1.64. The molecule has 0 aromatic heterocycles. The highest BCUT2D eigenvalue weighted by atomic mass is 35.5. The molecule has 0 fully saturated rings. The fraction of sp³-hybridized carbons (Fsp3) is 0. The van der Waals surface area contributed by atoms with E-state index in [-0.39, 0.29) is 17.1 Å². The van der Waals surface area contributed by atoms with Crippen molar-refractivity contribution in [3.05, 3.63) is 64.4 Å². The Labute approximate surface area is 119 Å². The Morgan fingerprint density at radius 2 is 1.95 bits per heavy atom. The summed E-state index contributed by atoms with van der Waals surface area (Å²) in [6.45, 7) is 0. The SMILES string of the molecule is O=C(NN=Cc1ccc(F)cc1)c1ccc(Cl)cc1O. The van der Waals surface area contributed by atoms with E-state index in [1.165, 1.54) is 48.7 Å². The summed E-state index contributed by atoms with van der Waals surface area (Å²) < 4.78 is 12.7. The molecule has 0 heterocycles. The number of aromatic hydroxyl groups is 1. The molecular weight excluding hydrogens is 283 g/mol. The summed E-state index contributed by atoms with van der Waals surface area (Å²) in [6.07, 6.45) is 1.37. The monoisotopic (exact) mass is 292 g/mol. The third kappa shape index (κ3) is 3.55. The van der Waals surface area contributed by atoms with E-state index in [9.17, 15) is 14.3 Å². The Kier molecular flexibility index (Phi) is 4.32. The lowest BCUT2D eigenvalue weighted by Crippen LogP contribution is -2.17. The van der Waals surface area contributed by atoms with Gasteiger partial charge in [-0.1, -0.05) is 23.7 Å². The van der Waals surface area contributed by atoms with Crippen molar-refractivity contribution in [1.29, 1.82) is 0 Å². The number of halogens is 2. The predicted molar refractivity (Wildman–Crippen MR) is 74.6 cm³/mol. The minimum absolute atomic E-state index is 0.0608. The summed E-state index contributed by atoms with van der Waals surface area (Å²) in [5.74, 6) is -1.15. The third-order valence-corrected chi connectivity index (χ3v) is 2.69. The van der Waals surface area contributed by atoms with Crippen LogP contribution in [0.15, 0.2) is 47.6 Å². The van der Waals surface area contributed by atoms with E-state index in [1.807, 2.05) is 0 Å². The van der Waals surface area contributed by atoms with Crippen molar-refractivity contribution in [2.24, 2.45) is 5.10 Å². The van der Waals surface area contributed by atoms with E-state index in [0.717, 1.165) is 0 Å². The van der Waals surface area contributed by atoms with Crippen molar-refractivity contribution in [2.75, 3.05) is 0 Å². The molecule has 0 aliphatic carbocycles.